The fraction of sp³-hybridized carbons (Fsp3) is 0.350. The smallest absolute Gasteiger partial charge is 0.322 e. The second-order valence-corrected chi connectivity index (χ2v) is 6.27. The first-order valence-electron chi connectivity index (χ1n) is 9.04. The van der Waals surface area contributed by atoms with Crippen molar-refractivity contribution < 1.29 is 23.7 Å². The van der Waals surface area contributed by atoms with E-state index in [2.05, 4.69) is 5.32 Å². The number of morpholine rings is 1. The number of benzene rings is 2. The second-order valence-electron chi connectivity index (χ2n) is 6.27. The summed E-state index contributed by atoms with van der Waals surface area (Å²) in [7, 11) is 0. The van der Waals surface area contributed by atoms with Crippen molar-refractivity contribution in [2.24, 2.45) is 0 Å². The monoisotopic (exact) mass is 370 g/mol. The van der Waals surface area contributed by atoms with Crippen molar-refractivity contribution in [1.29, 1.82) is 0 Å². The van der Waals surface area contributed by atoms with Gasteiger partial charge < -0.3 is 29.2 Å². The molecule has 27 heavy (non-hydrogen) atoms. The van der Waals surface area contributed by atoms with Crippen molar-refractivity contribution in [1.82, 2.24) is 4.90 Å². The van der Waals surface area contributed by atoms with Crippen LogP contribution in [0.5, 0.6) is 17.2 Å². The number of hydrogen-bond donors (Lipinski definition) is 1. The van der Waals surface area contributed by atoms with Gasteiger partial charge in [0.25, 0.3) is 0 Å². The van der Waals surface area contributed by atoms with E-state index in [0.717, 1.165) is 5.56 Å². The molecular weight excluding hydrogens is 348 g/mol. The zero-order chi connectivity index (χ0) is 18.5. The van der Waals surface area contributed by atoms with Gasteiger partial charge in [-0.1, -0.05) is 30.3 Å². The quantitative estimate of drug-likeness (QED) is 0.896. The van der Waals surface area contributed by atoms with E-state index in [4.69, 9.17) is 18.9 Å². The number of anilines is 1. The van der Waals surface area contributed by atoms with Crippen LogP contribution >= 0.6 is 0 Å². The molecule has 1 N–H and O–H groups in total. The third kappa shape index (κ3) is 4.09. The van der Waals surface area contributed by atoms with Crippen molar-refractivity contribution >= 4 is 11.7 Å². The summed E-state index contributed by atoms with van der Waals surface area (Å²) >= 11 is 0. The van der Waals surface area contributed by atoms with Crippen molar-refractivity contribution in [2.75, 3.05) is 44.8 Å². The zero-order valence-corrected chi connectivity index (χ0v) is 15.0. The molecule has 1 saturated heterocycles. The minimum atomic E-state index is -0.173. The minimum absolute atomic E-state index is 0.173. The molecule has 0 bridgehead atoms. The van der Waals surface area contributed by atoms with E-state index < -0.39 is 0 Å². The maximum absolute atomic E-state index is 12.5. The van der Waals surface area contributed by atoms with Crippen LogP contribution in [0.2, 0.25) is 0 Å². The zero-order valence-electron chi connectivity index (χ0n) is 15.0. The van der Waals surface area contributed by atoms with Gasteiger partial charge in [-0.25, -0.2) is 4.79 Å². The molecule has 2 aliphatic rings. The number of hydrogen-bond acceptors (Lipinski definition) is 5. The number of carbonyl (C=O) groups is 1. The molecule has 2 aromatic rings. The SMILES string of the molecule is O=C(Nc1ccc(OCc2ccccc2)c2c1OCCO2)N1CCOCC1. The predicted molar refractivity (Wildman–Crippen MR) is 99.6 cm³/mol. The van der Waals surface area contributed by atoms with E-state index >= 15 is 0 Å². The Morgan fingerprint density at radius 1 is 0.963 bits per heavy atom. The van der Waals surface area contributed by atoms with Gasteiger partial charge in [0.2, 0.25) is 5.75 Å². The Bertz CT molecular complexity index is 790. The fourth-order valence-corrected chi connectivity index (χ4v) is 3.02. The Kier molecular flexibility index (Phi) is 5.29. The normalized spacial score (nSPS) is 15.9. The summed E-state index contributed by atoms with van der Waals surface area (Å²) in [5, 5.41) is 2.91. The summed E-state index contributed by atoms with van der Waals surface area (Å²) < 4.78 is 22.8. The molecule has 0 saturated carbocycles. The lowest BCUT2D eigenvalue weighted by Gasteiger charge is -2.28. The lowest BCUT2D eigenvalue weighted by atomic mass is 10.2. The van der Waals surface area contributed by atoms with E-state index in [0.29, 0.717) is 69.1 Å². The third-order valence-corrected chi connectivity index (χ3v) is 4.43. The van der Waals surface area contributed by atoms with Gasteiger partial charge in [0.1, 0.15) is 19.8 Å². The molecule has 142 valence electrons. The molecule has 2 aromatic carbocycles. The molecule has 0 radical (unpaired) electrons. The van der Waals surface area contributed by atoms with Crippen molar-refractivity contribution in [3.63, 3.8) is 0 Å². The maximum Gasteiger partial charge on any atom is 0.322 e. The Labute approximate surface area is 157 Å². The highest BCUT2D eigenvalue weighted by molar-refractivity contribution is 5.92. The molecule has 2 heterocycles. The molecule has 7 heteroatoms. The number of amides is 2. The van der Waals surface area contributed by atoms with Crippen LogP contribution in [0.25, 0.3) is 0 Å². The van der Waals surface area contributed by atoms with Crippen LogP contribution in [0, 0.1) is 0 Å². The first-order valence-corrected chi connectivity index (χ1v) is 9.04. The molecule has 0 aromatic heterocycles. The number of ether oxygens (including phenoxy) is 4. The minimum Gasteiger partial charge on any atom is -0.485 e. The van der Waals surface area contributed by atoms with Gasteiger partial charge in [-0.15, -0.1) is 0 Å². The number of nitrogens with one attached hydrogen (secondary N) is 1. The summed E-state index contributed by atoms with van der Waals surface area (Å²) in [6.07, 6.45) is 0. The highest BCUT2D eigenvalue weighted by Gasteiger charge is 2.24. The van der Waals surface area contributed by atoms with Crippen LogP contribution in [0.1, 0.15) is 5.56 Å². The average Bonchev–Trinajstić information content (AvgIpc) is 2.74. The highest BCUT2D eigenvalue weighted by Crippen LogP contribution is 2.45. The molecular formula is C20H22N2O5. The van der Waals surface area contributed by atoms with Gasteiger partial charge in [-0.05, 0) is 17.7 Å². The third-order valence-electron chi connectivity index (χ3n) is 4.43. The van der Waals surface area contributed by atoms with Crippen molar-refractivity contribution in [3.05, 3.63) is 48.0 Å². The number of rotatable bonds is 4. The molecule has 0 unspecified atom stereocenters. The van der Waals surface area contributed by atoms with Crippen LogP contribution in [0.15, 0.2) is 42.5 Å². The average molecular weight is 370 g/mol. The summed E-state index contributed by atoms with van der Waals surface area (Å²) in [4.78, 5) is 14.2. The topological polar surface area (TPSA) is 69.3 Å². The van der Waals surface area contributed by atoms with Gasteiger partial charge in [-0.3, -0.25) is 0 Å². The largest absolute Gasteiger partial charge is 0.485 e. The van der Waals surface area contributed by atoms with Gasteiger partial charge >= 0.3 is 6.03 Å². The number of urea groups is 1. The van der Waals surface area contributed by atoms with Crippen LogP contribution in [-0.4, -0.2) is 50.4 Å². The van der Waals surface area contributed by atoms with E-state index in [1.807, 2.05) is 30.3 Å². The first-order chi connectivity index (χ1) is 13.3. The maximum atomic E-state index is 12.5. The van der Waals surface area contributed by atoms with Crippen LogP contribution in [0.3, 0.4) is 0 Å². The van der Waals surface area contributed by atoms with E-state index in [-0.39, 0.29) is 6.03 Å². The summed E-state index contributed by atoms with van der Waals surface area (Å²) in [6, 6.07) is 13.3. The first kappa shape index (κ1) is 17.5. The molecule has 7 nitrogen and oxygen atoms in total. The molecule has 2 amide bonds. The molecule has 1 fully saturated rings. The number of carbonyl (C=O) groups excluding carboxylic acids is 1. The molecule has 2 aliphatic heterocycles. The van der Waals surface area contributed by atoms with Crippen LogP contribution in [-0.2, 0) is 11.3 Å². The second kappa shape index (κ2) is 8.18. The number of fused-ring (bicyclic) bond motifs is 1. The summed E-state index contributed by atoms with van der Waals surface area (Å²) in [6.45, 7) is 3.54. The van der Waals surface area contributed by atoms with Gasteiger partial charge in [0.05, 0.1) is 18.9 Å². The van der Waals surface area contributed by atoms with Crippen molar-refractivity contribution in [3.8, 4) is 17.2 Å². The molecule has 0 spiro atoms. The van der Waals surface area contributed by atoms with Gasteiger partial charge in [-0.2, -0.15) is 0 Å². The summed E-state index contributed by atoms with van der Waals surface area (Å²) in [5.74, 6) is 1.63. The highest BCUT2D eigenvalue weighted by atomic mass is 16.6. The van der Waals surface area contributed by atoms with E-state index in [1.165, 1.54) is 0 Å². The number of nitrogens with zero attached hydrogens (tertiary/aromatic N) is 1. The van der Waals surface area contributed by atoms with Gasteiger partial charge in [0.15, 0.2) is 11.5 Å². The standard InChI is InChI=1S/C20H22N2O5/c23-20(22-8-10-24-11-9-22)21-16-6-7-17(19-18(16)25-12-13-26-19)27-14-15-4-2-1-3-5-15/h1-7H,8-14H2,(H,21,23). The Balaban J connectivity index is 1.50. The molecule has 4 rings (SSSR count). The Morgan fingerprint density at radius 3 is 2.48 bits per heavy atom. The van der Waals surface area contributed by atoms with E-state index in [1.54, 1.807) is 17.0 Å². The predicted octanol–water partition coefficient (Wildman–Crippen LogP) is 2.90. The van der Waals surface area contributed by atoms with Crippen molar-refractivity contribution in [2.45, 2.75) is 6.61 Å². The molecule has 0 atom stereocenters. The lowest BCUT2D eigenvalue weighted by Crippen LogP contribution is -2.43. The Hall–Kier alpha value is -2.93. The van der Waals surface area contributed by atoms with E-state index in [9.17, 15) is 4.79 Å². The van der Waals surface area contributed by atoms with Crippen LogP contribution < -0.4 is 19.5 Å². The van der Waals surface area contributed by atoms with Gasteiger partial charge in [0, 0.05) is 13.1 Å². The summed E-state index contributed by atoms with van der Waals surface area (Å²) in [5.41, 5.74) is 1.64. The van der Waals surface area contributed by atoms with Crippen LogP contribution in [0.4, 0.5) is 10.5 Å². The Morgan fingerprint density at radius 2 is 1.70 bits per heavy atom. The fourth-order valence-electron chi connectivity index (χ4n) is 3.02. The lowest BCUT2D eigenvalue weighted by molar-refractivity contribution is 0.0564. The molecule has 0 aliphatic carbocycles.